The van der Waals surface area contributed by atoms with E-state index < -0.39 is 5.91 Å². The van der Waals surface area contributed by atoms with Crippen LogP contribution in [0.15, 0.2) is 41.7 Å². The van der Waals surface area contributed by atoms with Crippen molar-refractivity contribution in [1.29, 1.82) is 0 Å². The molecule has 3 aromatic heterocycles. The maximum absolute atomic E-state index is 12.1. The summed E-state index contributed by atoms with van der Waals surface area (Å²) >= 11 is 0. The average molecular weight is 325 g/mol. The number of imidazole rings is 1. The van der Waals surface area contributed by atoms with E-state index in [4.69, 9.17) is 0 Å². The Labute approximate surface area is 137 Å². The fourth-order valence-corrected chi connectivity index (χ4v) is 2.15. The number of hydrogen-bond acceptors (Lipinski definition) is 6. The summed E-state index contributed by atoms with van der Waals surface area (Å²) in [7, 11) is 0. The van der Waals surface area contributed by atoms with Crippen molar-refractivity contribution in [2.24, 2.45) is 0 Å². The first kappa shape index (κ1) is 15.5. The van der Waals surface area contributed by atoms with Gasteiger partial charge in [-0.25, -0.2) is 19.6 Å². The highest BCUT2D eigenvalue weighted by Crippen LogP contribution is 2.10. The second-order valence-corrected chi connectivity index (χ2v) is 5.12. The van der Waals surface area contributed by atoms with Crippen LogP contribution in [0.5, 0.6) is 0 Å². The van der Waals surface area contributed by atoms with Crippen LogP contribution in [0.3, 0.4) is 0 Å². The molecule has 122 valence electrons. The van der Waals surface area contributed by atoms with E-state index in [1.54, 1.807) is 36.0 Å². The summed E-state index contributed by atoms with van der Waals surface area (Å²) < 4.78 is 2.87. The molecule has 0 aliphatic rings. The summed E-state index contributed by atoms with van der Waals surface area (Å²) in [4.78, 5) is 36.1. The molecule has 0 bridgehead atoms. The Hall–Kier alpha value is -3.36. The van der Waals surface area contributed by atoms with E-state index in [2.05, 4.69) is 25.4 Å². The predicted molar refractivity (Wildman–Crippen MR) is 85.8 cm³/mol. The Bertz CT molecular complexity index is 945. The van der Waals surface area contributed by atoms with Gasteiger partial charge in [-0.2, -0.15) is 5.10 Å². The van der Waals surface area contributed by atoms with E-state index in [0.29, 0.717) is 17.3 Å². The van der Waals surface area contributed by atoms with Gasteiger partial charge in [-0.3, -0.25) is 14.2 Å². The molecule has 0 aromatic carbocycles. The molecule has 0 aliphatic carbocycles. The van der Waals surface area contributed by atoms with Gasteiger partial charge in [-0.15, -0.1) is 0 Å². The first-order valence-electron chi connectivity index (χ1n) is 7.20. The molecule has 0 saturated heterocycles. The zero-order chi connectivity index (χ0) is 17.1. The number of anilines is 1. The summed E-state index contributed by atoms with van der Waals surface area (Å²) in [5.41, 5.74) is 0.315. The topological polar surface area (TPSA) is 108 Å². The largest absolute Gasteiger partial charge is 0.309 e. The second kappa shape index (κ2) is 6.41. The summed E-state index contributed by atoms with van der Waals surface area (Å²) in [5, 5.41) is 6.66. The molecule has 3 heterocycles. The molecular weight excluding hydrogens is 310 g/mol. The zero-order valence-electron chi connectivity index (χ0n) is 13.2. The lowest BCUT2D eigenvalue weighted by atomic mass is 10.4. The molecule has 3 rings (SSSR count). The highest BCUT2D eigenvalue weighted by molar-refractivity contribution is 5.89. The zero-order valence-corrected chi connectivity index (χ0v) is 13.2. The maximum atomic E-state index is 12.1. The maximum Gasteiger partial charge on any atom is 0.267 e. The molecule has 0 spiro atoms. The molecule has 0 fully saturated rings. The molecule has 3 aromatic rings. The lowest BCUT2D eigenvalue weighted by molar-refractivity contribution is -0.117. The highest BCUT2D eigenvalue weighted by Gasteiger charge is 2.09. The number of aromatic nitrogens is 6. The first-order chi connectivity index (χ1) is 11.5. The van der Waals surface area contributed by atoms with E-state index in [1.807, 2.05) is 6.92 Å². The van der Waals surface area contributed by atoms with Crippen molar-refractivity contribution in [3.05, 3.63) is 58.8 Å². The number of rotatable bonds is 4. The monoisotopic (exact) mass is 325 g/mol. The van der Waals surface area contributed by atoms with Crippen molar-refractivity contribution < 1.29 is 4.79 Å². The average Bonchev–Trinajstić information content (AvgIpc) is 2.97. The molecule has 0 unspecified atom stereocenters. The third-order valence-electron chi connectivity index (χ3n) is 3.29. The predicted octanol–water partition coefficient (Wildman–Crippen LogP) is 0.475. The summed E-state index contributed by atoms with van der Waals surface area (Å²) in [6, 6.07) is 4.60. The van der Waals surface area contributed by atoms with Crippen molar-refractivity contribution in [3.63, 3.8) is 0 Å². The fourth-order valence-electron chi connectivity index (χ4n) is 2.15. The normalized spacial score (nSPS) is 10.6. The van der Waals surface area contributed by atoms with Gasteiger partial charge in [0.25, 0.3) is 5.56 Å². The molecule has 24 heavy (non-hydrogen) atoms. The SMILES string of the molecule is Cc1ccc(=O)n(CC(=O)Nc2cc(-n3ccnc3C)ncn2)n1. The van der Waals surface area contributed by atoms with Crippen molar-refractivity contribution in [2.75, 3.05) is 5.32 Å². The smallest absolute Gasteiger partial charge is 0.267 e. The number of aryl methyl sites for hydroxylation is 2. The van der Waals surface area contributed by atoms with Crippen LogP contribution in [-0.2, 0) is 11.3 Å². The van der Waals surface area contributed by atoms with Crippen LogP contribution in [0, 0.1) is 13.8 Å². The van der Waals surface area contributed by atoms with E-state index in [-0.39, 0.29) is 12.1 Å². The van der Waals surface area contributed by atoms with Crippen LogP contribution in [0.4, 0.5) is 5.82 Å². The number of nitrogens with zero attached hydrogens (tertiary/aromatic N) is 6. The van der Waals surface area contributed by atoms with Crippen molar-refractivity contribution in [1.82, 2.24) is 29.3 Å². The fraction of sp³-hybridized carbons (Fsp3) is 0.200. The quantitative estimate of drug-likeness (QED) is 0.747. The van der Waals surface area contributed by atoms with Gasteiger partial charge < -0.3 is 5.32 Å². The van der Waals surface area contributed by atoms with Crippen molar-refractivity contribution in [3.8, 4) is 5.82 Å². The van der Waals surface area contributed by atoms with Crippen LogP contribution in [0.2, 0.25) is 0 Å². The molecule has 0 atom stereocenters. The minimum absolute atomic E-state index is 0.191. The van der Waals surface area contributed by atoms with Gasteiger partial charge in [0.1, 0.15) is 30.3 Å². The van der Waals surface area contributed by atoms with Gasteiger partial charge >= 0.3 is 0 Å². The van der Waals surface area contributed by atoms with Gasteiger partial charge in [0, 0.05) is 24.5 Å². The molecule has 1 amide bonds. The number of hydrogen-bond donors (Lipinski definition) is 1. The first-order valence-corrected chi connectivity index (χ1v) is 7.20. The molecule has 1 N–H and O–H groups in total. The standard InChI is InChI=1S/C15H15N7O2/c1-10-3-4-15(24)22(20-10)8-14(23)19-12-7-13(18-9-17-12)21-6-5-16-11(21)2/h3-7,9H,8H2,1-2H3,(H,17,18,19,23). The van der Waals surface area contributed by atoms with Crippen molar-refractivity contribution >= 4 is 11.7 Å². The molecule has 0 aliphatic heterocycles. The number of amides is 1. The molecule has 0 radical (unpaired) electrons. The number of carbonyl (C=O) groups is 1. The van der Waals surface area contributed by atoms with Crippen LogP contribution >= 0.6 is 0 Å². The summed E-state index contributed by atoms with van der Waals surface area (Å²) in [6.07, 6.45) is 4.77. The molecule has 0 saturated carbocycles. The Morgan fingerprint density at radius 2 is 2.04 bits per heavy atom. The van der Waals surface area contributed by atoms with E-state index in [9.17, 15) is 9.59 Å². The summed E-state index contributed by atoms with van der Waals surface area (Å²) in [6.45, 7) is 3.40. The van der Waals surface area contributed by atoms with Gasteiger partial charge in [0.05, 0.1) is 5.69 Å². The third kappa shape index (κ3) is 3.35. The number of nitrogens with one attached hydrogen (secondary N) is 1. The van der Waals surface area contributed by atoms with Crippen LogP contribution in [-0.4, -0.2) is 35.2 Å². The minimum atomic E-state index is -0.401. The van der Waals surface area contributed by atoms with E-state index >= 15 is 0 Å². The van der Waals surface area contributed by atoms with Crippen LogP contribution in [0.25, 0.3) is 5.82 Å². The minimum Gasteiger partial charge on any atom is -0.309 e. The third-order valence-corrected chi connectivity index (χ3v) is 3.29. The molecule has 9 nitrogen and oxygen atoms in total. The lowest BCUT2D eigenvalue weighted by Gasteiger charge is -2.08. The second-order valence-electron chi connectivity index (χ2n) is 5.12. The van der Waals surface area contributed by atoms with Crippen LogP contribution < -0.4 is 10.9 Å². The Morgan fingerprint density at radius 1 is 1.21 bits per heavy atom. The van der Waals surface area contributed by atoms with E-state index in [0.717, 1.165) is 10.5 Å². The van der Waals surface area contributed by atoms with Crippen molar-refractivity contribution in [2.45, 2.75) is 20.4 Å². The lowest BCUT2D eigenvalue weighted by Crippen LogP contribution is -2.29. The van der Waals surface area contributed by atoms with Gasteiger partial charge in [-0.05, 0) is 19.9 Å². The van der Waals surface area contributed by atoms with Gasteiger partial charge in [0.15, 0.2) is 0 Å². The van der Waals surface area contributed by atoms with E-state index in [1.165, 1.54) is 12.4 Å². The summed E-state index contributed by atoms with van der Waals surface area (Å²) in [5.74, 6) is 1.28. The Balaban J connectivity index is 1.76. The van der Waals surface area contributed by atoms with Gasteiger partial charge in [0.2, 0.25) is 5.91 Å². The number of carbonyl (C=O) groups excluding carboxylic acids is 1. The highest BCUT2D eigenvalue weighted by atomic mass is 16.2. The molecular formula is C15H15N7O2. The Kier molecular flexibility index (Phi) is 4.15. The van der Waals surface area contributed by atoms with Gasteiger partial charge in [-0.1, -0.05) is 0 Å². The Morgan fingerprint density at radius 3 is 2.79 bits per heavy atom. The molecule has 9 heteroatoms. The van der Waals surface area contributed by atoms with Crippen LogP contribution in [0.1, 0.15) is 11.5 Å².